The Morgan fingerprint density at radius 1 is 1.36 bits per heavy atom. The van der Waals surface area contributed by atoms with Gasteiger partial charge in [-0.3, -0.25) is 4.79 Å². The molecule has 0 heterocycles. The van der Waals surface area contributed by atoms with Gasteiger partial charge in [0.1, 0.15) is 6.04 Å². The Bertz CT molecular complexity index is 172. The first-order valence-corrected chi connectivity index (χ1v) is 6.06. The Labute approximate surface area is 90.8 Å². The molecule has 4 heteroatoms. The summed E-state index contributed by atoms with van der Waals surface area (Å²) in [5.74, 6) is 0.621. The van der Waals surface area contributed by atoms with Crippen LogP contribution in [-0.2, 0) is 9.53 Å². The van der Waals surface area contributed by atoms with E-state index in [4.69, 9.17) is 10.5 Å². The fourth-order valence-corrected chi connectivity index (χ4v) is 1.73. The fraction of sp³-hybridized carbons (Fsp3) is 0.900. The second-order valence-corrected chi connectivity index (χ2v) is 5.48. The van der Waals surface area contributed by atoms with Crippen molar-refractivity contribution < 1.29 is 9.53 Å². The van der Waals surface area contributed by atoms with E-state index in [0.717, 1.165) is 5.75 Å². The van der Waals surface area contributed by atoms with E-state index < -0.39 is 6.04 Å². The van der Waals surface area contributed by atoms with Gasteiger partial charge in [0.05, 0.1) is 6.10 Å². The quantitative estimate of drug-likeness (QED) is 0.692. The molecule has 0 aliphatic heterocycles. The van der Waals surface area contributed by atoms with Crippen molar-refractivity contribution in [3.8, 4) is 0 Å². The molecule has 0 aromatic carbocycles. The molecule has 0 rings (SSSR count). The summed E-state index contributed by atoms with van der Waals surface area (Å²) in [5, 5.41) is 0.586. The van der Waals surface area contributed by atoms with Gasteiger partial charge in [-0.15, -0.1) is 0 Å². The van der Waals surface area contributed by atoms with E-state index in [0.29, 0.717) is 11.7 Å². The number of esters is 1. The first-order valence-electron chi connectivity index (χ1n) is 5.01. The third kappa shape index (κ3) is 7.21. The summed E-state index contributed by atoms with van der Waals surface area (Å²) in [6.07, 6.45) is 0.611. The molecule has 0 amide bonds. The van der Waals surface area contributed by atoms with Crippen molar-refractivity contribution in [1.82, 2.24) is 0 Å². The first kappa shape index (κ1) is 13.8. The van der Waals surface area contributed by atoms with Gasteiger partial charge in [-0.25, -0.2) is 0 Å². The van der Waals surface area contributed by atoms with Crippen molar-refractivity contribution in [3.05, 3.63) is 0 Å². The Morgan fingerprint density at radius 3 is 2.36 bits per heavy atom. The van der Waals surface area contributed by atoms with Crippen molar-refractivity contribution in [2.24, 2.45) is 5.73 Å². The van der Waals surface area contributed by atoms with E-state index in [1.807, 2.05) is 25.6 Å². The number of nitrogens with two attached hydrogens (primary N) is 1. The zero-order chi connectivity index (χ0) is 11.1. The molecule has 0 aliphatic carbocycles. The van der Waals surface area contributed by atoms with E-state index in [9.17, 15) is 4.79 Å². The number of hydrogen-bond acceptors (Lipinski definition) is 4. The minimum Gasteiger partial charge on any atom is -0.462 e. The first-order chi connectivity index (χ1) is 6.43. The predicted molar refractivity (Wildman–Crippen MR) is 61.4 cm³/mol. The average Bonchev–Trinajstić information content (AvgIpc) is 2.01. The van der Waals surface area contributed by atoms with Crippen molar-refractivity contribution in [2.75, 3.05) is 5.75 Å². The highest BCUT2D eigenvalue weighted by molar-refractivity contribution is 7.99. The number of carbonyl (C=O) groups is 1. The topological polar surface area (TPSA) is 52.3 Å². The van der Waals surface area contributed by atoms with Crippen LogP contribution in [0, 0.1) is 0 Å². The van der Waals surface area contributed by atoms with Gasteiger partial charge in [0.25, 0.3) is 0 Å². The molecule has 84 valence electrons. The summed E-state index contributed by atoms with van der Waals surface area (Å²) < 4.78 is 5.00. The number of carbonyl (C=O) groups excluding carboxylic acids is 1. The van der Waals surface area contributed by atoms with Crippen molar-refractivity contribution in [2.45, 2.75) is 51.5 Å². The van der Waals surface area contributed by atoms with E-state index in [1.165, 1.54) is 0 Å². The molecule has 0 spiro atoms. The summed E-state index contributed by atoms with van der Waals surface area (Å²) in [4.78, 5) is 11.3. The number of ether oxygens (including phenoxy) is 1. The van der Waals surface area contributed by atoms with Crippen LogP contribution in [0.4, 0.5) is 0 Å². The molecule has 0 aromatic rings. The van der Waals surface area contributed by atoms with Crippen LogP contribution < -0.4 is 5.73 Å². The highest BCUT2D eigenvalue weighted by Gasteiger charge is 2.15. The highest BCUT2D eigenvalue weighted by Crippen LogP contribution is 2.11. The molecule has 0 aliphatic rings. The minimum atomic E-state index is -0.469. The maximum atomic E-state index is 11.3. The molecule has 0 saturated carbocycles. The molecule has 0 radical (unpaired) electrons. The number of thioether (sulfide) groups is 1. The maximum absolute atomic E-state index is 11.3. The minimum absolute atomic E-state index is 0.0775. The third-order valence-corrected chi connectivity index (χ3v) is 2.67. The van der Waals surface area contributed by atoms with E-state index in [1.54, 1.807) is 0 Å². The van der Waals surface area contributed by atoms with Gasteiger partial charge in [0, 0.05) is 0 Å². The number of hydrogen-bond donors (Lipinski definition) is 1. The van der Waals surface area contributed by atoms with Crippen LogP contribution in [0.25, 0.3) is 0 Å². The SMILES string of the molecule is CC(C)OC(=O)C(N)CCSC(C)C. The molecule has 14 heavy (non-hydrogen) atoms. The van der Waals surface area contributed by atoms with E-state index in [-0.39, 0.29) is 12.1 Å². The van der Waals surface area contributed by atoms with Crippen molar-refractivity contribution >= 4 is 17.7 Å². The van der Waals surface area contributed by atoms with Crippen LogP contribution in [0.2, 0.25) is 0 Å². The van der Waals surface area contributed by atoms with Gasteiger partial charge < -0.3 is 10.5 Å². The fourth-order valence-electron chi connectivity index (χ4n) is 0.868. The van der Waals surface area contributed by atoms with Crippen LogP contribution in [0.3, 0.4) is 0 Å². The van der Waals surface area contributed by atoms with Gasteiger partial charge in [0.2, 0.25) is 0 Å². The van der Waals surface area contributed by atoms with Crippen molar-refractivity contribution in [3.63, 3.8) is 0 Å². The standard InChI is InChI=1S/C10H21NO2S/c1-7(2)13-10(12)9(11)5-6-14-8(3)4/h7-9H,5-6,11H2,1-4H3. The van der Waals surface area contributed by atoms with Gasteiger partial charge in [-0.1, -0.05) is 13.8 Å². The van der Waals surface area contributed by atoms with E-state index >= 15 is 0 Å². The van der Waals surface area contributed by atoms with Crippen LogP contribution >= 0.6 is 11.8 Å². The van der Waals surface area contributed by atoms with Gasteiger partial charge in [-0.2, -0.15) is 11.8 Å². The third-order valence-electron chi connectivity index (χ3n) is 1.53. The molecule has 2 N–H and O–H groups in total. The van der Waals surface area contributed by atoms with Gasteiger partial charge in [-0.05, 0) is 31.3 Å². The molecule has 0 aromatic heterocycles. The lowest BCUT2D eigenvalue weighted by Crippen LogP contribution is -2.34. The maximum Gasteiger partial charge on any atom is 0.323 e. The van der Waals surface area contributed by atoms with Crippen LogP contribution in [0.5, 0.6) is 0 Å². The molecule has 1 unspecified atom stereocenters. The monoisotopic (exact) mass is 219 g/mol. The lowest BCUT2D eigenvalue weighted by atomic mass is 10.2. The summed E-state index contributed by atoms with van der Waals surface area (Å²) >= 11 is 1.81. The molecule has 1 atom stereocenters. The van der Waals surface area contributed by atoms with Gasteiger partial charge >= 0.3 is 5.97 Å². The number of rotatable bonds is 6. The summed E-state index contributed by atoms with van der Waals surface area (Å²) in [6.45, 7) is 7.91. The van der Waals surface area contributed by atoms with Gasteiger partial charge in [0.15, 0.2) is 0 Å². The summed E-state index contributed by atoms with van der Waals surface area (Å²) in [7, 11) is 0. The summed E-state index contributed by atoms with van der Waals surface area (Å²) in [6, 6.07) is -0.469. The average molecular weight is 219 g/mol. The Hall–Kier alpha value is -0.220. The van der Waals surface area contributed by atoms with Crippen LogP contribution in [-0.4, -0.2) is 29.1 Å². The second kappa shape index (κ2) is 7.12. The molecule has 0 fully saturated rings. The van der Waals surface area contributed by atoms with E-state index in [2.05, 4.69) is 13.8 Å². The zero-order valence-electron chi connectivity index (χ0n) is 9.45. The van der Waals surface area contributed by atoms with Crippen LogP contribution in [0.1, 0.15) is 34.1 Å². The largest absolute Gasteiger partial charge is 0.462 e. The second-order valence-electron chi connectivity index (χ2n) is 3.80. The van der Waals surface area contributed by atoms with Crippen LogP contribution in [0.15, 0.2) is 0 Å². The zero-order valence-corrected chi connectivity index (χ0v) is 10.3. The van der Waals surface area contributed by atoms with Crippen molar-refractivity contribution in [1.29, 1.82) is 0 Å². The predicted octanol–water partition coefficient (Wildman–Crippen LogP) is 1.80. The lowest BCUT2D eigenvalue weighted by Gasteiger charge is -2.13. The molecular weight excluding hydrogens is 198 g/mol. The normalized spacial score (nSPS) is 13.4. The molecule has 0 saturated heterocycles. The molecule has 3 nitrogen and oxygen atoms in total. The molecule has 0 bridgehead atoms. The Kier molecular flexibility index (Phi) is 7.01. The highest BCUT2D eigenvalue weighted by atomic mass is 32.2. The lowest BCUT2D eigenvalue weighted by molar-refractivity contribution is -0.149. The summed E-state index contributed by atoms with van der Waals surface area (Å²) in [5.41, 5.74) is 5.66. The molecular formula is C10H21NO2S. The smallest absolute Gasteiger partial charge is 0.323 e. The Balaban J connectivity index is 3.62. The Morgan fingerprint density at radius 2 is 1.93 bits per heavy atom.